The number of benzene rings is 1. The number of ether oxygens (including phenoxy) is 1. The molecule has 0 N–H and O–H groups in total. The molecule has 0 radical (unpaired) electrons. The zero-order valence-corrected chi connectivity index (χ0v) is 18.7. The number of amides is 1. The lowest BCUT2D eigenvalue weighted by Gasteiger charge is -2.18. The van der Waals surface area contributed by atoms with Crippen molar-refractivity contribution in [2.75, 3.05) is 20.2 Å². The highest BCUT2D eigenvalue weighted by Gasteiger charge is 2.37. The fourth-order valence-corrected chi connectivity index (χ4v) is 3.39. The van der Waals surface area contributed by atoms with Crippen molar-refractivity contribution in [1.82, 2.24) is 24.5 Å². The predicted molar refractivity (Wildman–Crippen MR) is 113 cm³/mol. The second kappa shape index (κ2) is 9.72. The lowest BCUT2D eigenvalue weighted by molar-refractivity contribution is -0.144. The van der Waals surface area contributed by atoms with Crippen molar-refractivity contribution in [3.63, 3.8) is 0 Å². The van der Waals surface area contributed by atoms with Crippen molar-refractivity contribution in [1.29, 1.82) is 0 Å². The Hall–Kier alpha value is -2.88. The summed E-state index contributed by atoms with van der Waals surface area (Å²) in [7, 11) is 1.71. The third-order valence-electron chi connectivity index (χ3n) is 5.04. The van der Waals surface area contributed by atoms with E-state index >= 15 is 0 Å². The van der Waals surface area contributed by atoms with Crippen LogP contribution in [0, 0.1) is 13.8 Å². The van der Waals surface area contributed by atoms with Crippen LogP contribution in [0.2, 0.25) is 5.02 Å². The number of aromatic nitrogens is 4. The van der Waals surface area contributed by atoms with Crippen molar-refractivity contribution in [2.45, 2.75) is 39.3 Å². The number of alkyl halides is 3. The molecule has 0 fully saturated rings. The number of carbonyl (C=O) groups is 1. The van der Waals surface area contributed by atoms with Gasteiger partial charge in [0.2, 0.25) is 5.91 Å². The number of carbonyl (C=O) groups excluding carboxylic acids is 1. The van der Waals surface area contributed by atoms with Crippen LogP contribution in [0.15, 0.2) is 24.3 Å². The molecule has 0 spiro atoms. The fourth-order valence-electron chi connectivity index (χ4n) is 3.26. The Morgan fingerprint density at radius 2 is 1.88 bits per heavy atom. The summed E-state index contributed by atoms with van der Waals surface area (Å²) in [4.78, 5) is 21.7. The van der Waals surface area contributed by atoms with Gasteiger partial charge in [-0.05, 0) is 56.5 Å². The highest BCUT2D eigenvalue weighted by molar-refractivity contribution is 6.30. The van der Waals surface area contributed by atoms with E-state index in [-0.39, 0.29) is 18.1 Å². The van der Waals surface area contributed by atoms with Crippen LogP contribution in [0.4, 0.5) is 13.2 Å². The van der Waals surface area contributed by atoms with Crippen molar-refractivity contribution >= 4 is 23.3 Å². The molecule has 3 rings (SSSR count). The van der Waals surface area contributed by atoms with Gasteiger partial charge in [-0.25, -0.2) is 9.50 Å². The quantitative estimate of drug-likeness (QED) is 0.461. The van der Waals surface area contributed by atoms with E-state index in [9.17, 15) is 18.0 Å². The molecule has 0 aliphatic carbocycles. The van der Waals surface area contributed by atoms with Crippen LogP contribution in [0.25, 0.3) is 5.78 Å². The van der Waals surface area contributed by atoms with Crippen LogP contribution < -0.4 is 4.74 Å². The van der Waals surface area contributed by atoms with Crippen molar-refractivity contribution < 1.29 is 22.7 Å². The van der Waals surface area contributed by atoms with Gasteiger partial charge < -0.3 is 9.64 Å². The largest absolute Gasteiger partial charge is 0.494 e. The van der Waals surface area contributed by atoms with Gasteiger partial charge in [-0.2, -0.15) is 18.2 Å². The molecule has 11 heteroatoms. The van der Waals surface area contributed by atoms with E-state index in [1.54, 1.807) is 50.1 Å². The maximum Gasteiger partial charge on any atom is 0.453 e. The Morgan fingerprint density at radius 1 is 1.19 bits per heavy atom. The molecular formula is C21H23ClF3N5O2. The molecule has 1 amide bonds. The number of hydrogen-bond acceptors (Lipinski definition) is 5. The van der Waals surface area contributed by atoms with E-state index in [1.807, 2.05) is 0 Å². The van der Waals surface area contributed by atoms with Gasteiger partial charge in [-0.3, -0.25) is 4.79 Å². The summed E-state index contributed by atoms with van der Waals surface area (Å²) >= 11 is 5.83. The van der Waals surface area contributed by atoms with Crippen LogP contribution in [-0.2, 0) is 17.4 Å². The molecule has 3 aromatic rings. The van der Waals surface area contributed by atoms with Gasteiger partial charge in [0.15, 0.2) is 0 Å². The standard InChI is InChI=1S/C21H23ClF3N5O2/c1-13-17(14(2)30-20(26-13)27-19(28-30)21(23,24)25)9-10-18(31)29(3)11-4-12-32-16-7-5-15(22)6-8-16/h5-8H,4,9-12H2,1-3H3. The maximum atomic E-state index is 12.9. The second-order valence-corrected chi connectivity index (χ2v) is 7.81. The molecule has 172 valence electrons. The molecule has 0 unspecified atom stereocenters. The van der Waals surface area contributed by atoms with E-state index in [4.69, 9.17) is 16.3 Å². The molecule has 2 heterocycles. The molecule has 2 aromatic heterocycles. The van der Waals surface area contributed by atoms with E-state index in [0.29, 0.717) is 53.7 Å². The molecule has 32 heavy (non-hydrogen) atoms. The first kappa shape index (κ1) is 23.8. The van der Waals surface area contributed by atoms with Gasteiger partial charge >= 0.3 is 6.18 Å². The van der Waals surface area contributed by atoms with E-state index in [0.717, 1.165) is 4.52 Å². The highest BCUT2D eigenvalue weighted by Crippen LogP contribution is 2.27. The fraction of sp³-hybridized carbons (Fsp3) is 0.429. The molecule has 0 saturated carbocycles. The summed E-state index contributed by atoms with van der Waals surface area (Å²) in [5, 5.41) is 4.16. The van der Waals surface area contributed by atoms with Crippen LogP contribution in [0.3, 0.4) is 0 Å². The number of rotatable bonds is 8. The molecule has 1 aromatic carbocycles. The van der Waals surface area contributed by atoms with Crippen LogP contribution >= 0.6 is 11.6 Å². The summed E-state index contributed by atoms with van der Waals surface area (Å²) in [6, 6.07) is 7.04. The van der Waals surface area contributed by atoms with Gasteiger partial charge in [0.05, 0.1) is 6.61 Å². The third kappa shape index (κ3) is 5.67. The first-order valence-electron chi connectivity index (χ1n) is 9.98. The normalized spacial score (nSPS) is 11.7. The summed E-state index contributed by atoms with van der Waals surface area (Å²) in [5.74, 6) is -0.717. The molecule has 0 aliphatic heterocycles. The third-order valence-corrected chi connectivity index (χ3v) is 5.29. The minimum Gasteiger partial charge on any atom is -0.494 e. The van der Waals surface area contributed by atoms with Gasteiger partial charge in [0.1, 0.15) is 5.75 Å². The molecule has 0 aliphatic rings. The number of halogens is 4. The molecule has 0 bridgehead atoms. The summed E-state index contributed by atoms with van der Waals surface area (Å²) in [5.41, 5.74) is 1.70. The SMILES string of the molecule is Cc1nc2nc(C(F)(F)F)nn2c(C)c1CCC(=O)N(C)CCCOc1ccc(Cl)cc1. The number of fused-ring (bicyclic) bond motifs is 1. The van der Waals surface area contributed by atoms with E-state index in [1.165, 1.54) is 0 Å². The van der Waals surface area contributed by atoms with Crippen molar-refractivity contribution in [2.24, 2.45) is 0 Å². The Bertz CT molecular complexity index is 1100. The van der Waals surface area contributed by atoms with Gasteiger partial charge in [-0.1, -0.05) is 11.6 Å². The van der Waals surface area contributed by atoms with Crippen LogP contribution in [-0.4, -0.2) is 50.6 Å². The minimum atomic E-state index is -4.65. The summed E-state index contributed by atoms with van der Waals surface area (Å²) in [6.07, 6.45) is -3.46. The zero-order valence-electron chi connectivity index (χ0n) is 17.9. The average molecular weight is 470 g/mol. The first-order valence-corrected chi connectivity index (χ1v) is 10.4. The lowest BCUT2D eigenvalue weighted by atomic mass is 10.1. The lowest BCUT2D eigenvalue weighted by Crippen LogP contribution is -2.29. The Balaban J connectivity index is 1.54. The second-order valence-electron chi connectivity index (χ2n) is 7.38. The van der Waals surface area contributed by atoms with Crippen LogP contribution in [0.5, 0.6) is 5.75 Å². The van der Waals surface area contributed by atoms with E-state index < -0.39 is 12.0 Å². The Labute approximate surface area is 188 Å². The number of hydrogen-bond donors (Lipinski definition) is 0. The first-order chi connectivity index (χ1) is 15.1. The van der Waals surface area contributed by atoms with Gasteiger partial charge in [0.25, 0.3) is 11.6 Å². The maximum absolute atomic E-state index is 12.9. The Kier molecular flexibility index (Phi) is 7.22. The summed E-state index contributed by atoms with van der Waals surface area (Å²) < 4.78 is 45.4. The predicted octanol–water partition coefficient (Wildman–Crippen LogP) is 4.27. The molecule has 7 nitrogen and oxygen atoms in total. The van der Waals surface area contributed by atoms with Gasteiger partial charge in [-0.15, -0.1) is 5.10 Å². The molecule has 0 atom stereocenters. The zero-order chi connectivity index (χ0) is 23.5. The summed E-state index contributed by atoms with van der Waals surface area (Å²) in [6.45, 7) is 4.30. The topological polar surface area (TPSA) is 72.6 Å². The van der Waals surface area contributed by atoms with Crippen molar-refractivity contribution in [3.8, 4) is 5.75 Å². The van der Waals surface area contributed by atoms with Crippen molar-refractivity contribution in [3.05, 3.63) is 52.1 Å². The molecular weight excluding hydrogens is 447 g/mol. The number of nitrogens with zero attached hydrogens (tertiary/aromatic N) is 5. The monoisotopic (exact) mass is 469 g/mol. The average Bonchev–Trinajstić information content (AvgIpc) is 3.16. The van der Waals surface area contributed by atoms with E-state index in [2.05, 4.69) is 15.1 Å². The number of aryl methyl sites for hydroxylation is 2. The van der Waals surface area contributed by atoms with Crippen LogP contribution in [0.1, 0.15) is 35.6 Å². The molecule has 0 saturated heterocycles. The minimum absolute atomic E-state index is 0.0787. The highest BCUT2D eigenvalue weighted by atomic mass is 35.5. The Morgan fingerprint density at radius 3 is 2.53 bits per heavy atom. The smallest absolute Gasteiger partial charge is 0.453 e. The van der Waals surface area contributed by atoms with Gasteiger partial charge in [0, 0.05) is 36.4 Å².